The molecule has 0 fully saturated rings. The van der Waals surface area contributed by atoms with Crippen molar-refractivity contribution in [3.63, 3.8) is 0 Å². The Morgan fingerprint density at radius 1 is 1.64 bits per heavy atom. The highest BCUT2D eigenvalue weighted by molar-refractivity contribution is 6.65. The van der Waals surface area contributed by atoms with Crippen LogP contribution in [0.1, 0.15) is 13.8 Å². The second-order valence-electron chi connectivity index (χ2n) is 2.17. The molecule has 0 saturated carbocycles. The predicted octanol–water partition coefficient (Wildman–Crippen LogP) is 1.98. The molecule has 0 aromatic rings. The molecule has 0 amide bonds. The third-order valence-corrected chi connectivity index (χ3v) is 1.54. The quantitative estimate of drug-likeness (QED) is 0.301. The summed E-state index contributed by atoms with van der Waals surface area (Å²) >= 11 is 10.7. The smallest absolute Gasteiger partial charge is 0.316 e. The van der Waals surface area contributed by atoms with Crippen LogP contribution in [0.5, 0.6) is 0 Å². The van der Waals surface area contributed by atoms with Gasteiger partial charge in [-0.3, -0.25) is 0 Å². The van der Waals surface area contributed by atoms with E-state index in [0.29, 0.717) is 0 Å². The van der Waals surface area contributed by atoms with E-state index in [9.17, 15) is 4.79 Å². The number of halogens is 2. The van der Waals surface area contributed by atoms with E-state index in [1.807, 2.05) is 13.8 Å². The van der Waals surface area contributed by atoms with Crippen LogP contribution in [0.25, 0.3) is 0 Å². The number of carbonyl (C=O) groups excluding carboxylic acids is 1. The largest absolute Gasteiger partial charge is 0.349 e. The summed E-state index contributed by atoms with van der Waals surface area (Å²) in [6.07, 6.45) is 0. The van der Waals surface area contributed by atoms with Crippen molar-refractivity contribution in [1.29, 1.82) is 0 Å². The molecule has 0 aliphatic carbocycles. The van der Waals surface area contributed by atoms with E-state index in [1.165, 1.54) is 0 Å². The van der Waals surface area contributed by atoms with Crippen molar-refractivity contribution >= 4 is 34.3 Å². The number of carbonyl (C=O) groups is 1. The molecule has 0 heterocycles. The van der Waals surface area contributed by atoms with E-state index in [-0.39, 0.29) is 17.0 Å². The van der Waals surface area contributed by atoms with E-state index in [2.05, 4.69) is 9.99 Å². The van der Waals surface area contributed by atoms with Gasteiger partial charge in [0.15, 0.2) is 0 Å². The van der Waals surface area contributed by atoms with Crippen molar-refractivity contribution in [3.8, 4) is 0 Å². The fraction of sp³-hybridized carbons (Fsp3) is 0.667. The molecule has 0 aromatic carbocycles. The summed E-state index contributed by atoms with van der Waals surface area (Å²) in [4.78, 5) is 14.7. The van der Waals surface area contributed by atoms with Crippen LogP contribution in [-0.4, -0.2) is 17.0 Å². The van der Waals surface area contributed by atoms with Gasteiger partial charge in [-0.1, -0.05) is 30.6 Å². The van der Waals surface area contributed by atoms with Crippen molar-refractivity contribution in [1.82, 2.24) is 0 Å². The Morgan fingerprint density at radius 3 is 2.55 bits per heavy atom. The third kappa shape index (κ3) is 5.04. The molecule has 0 saturated heterocycles. The second kappa shape index (κ2) is 5.38. The van der Waals surface area contributed by atoms with Crippen LogP contribution in [-0.2, 0) is 9.63 Å². The maximum absolute atomic E-state index is 10.4. The molecule has 0 bridgehead atoms. The van der Waals surface area contributed by atoms with Crippen LogP contribution in [0.2, 0.25) is 0 Å². The van der Waals surface area contributed by atoms with Gasteiger partial charge in [-0.25, -0.2) is 4.79 Å². The topological polar surface area (TPSA) is 38.7 Å². The molecule has 0 atom stereocenters. The second-order valence-corrected chi connectivity index (χ2v) is 2.82. The van der Waals surface area contributed by atoms with Crippen LogP contribution in [0.4, 0.5) is 0 Å². The van der Waals surface area contributed by atoms with Gasteiger partial charge >= 0.3 is 5.97 Å². The molecule has 0 aromatic heterocycles. The highest BCUT2D eigenvalue weighted by Gasteiger charge is 2.03. The molecule has 0 aliphatic rings. The fourth-order valence-corrected chi connectivity index (χ4v) is 0.308. The fourth-order valence-electron chi connectivity index (χ4n) is 0.224. The normalized spacial score (nSPS) is 11.9. The highest BCUT2D eigenvalue weighted by atomic mass is 35.5. The maximum Gasteiger partial charge on any atom is 0.349 e. The summed E-state index contributed by atoms with van der Waals surface area (Å²) in [5, 5.41) is 3.60. The summed E-state index contributed by atoms with van der Waals surface area (Å²) in [5.74, 6) is -0.767. The van der Waals surface area contributed by atoms with Gasteiger partial charge in [0, 0.05) is 5.92 Å². The predicted molar refractivity (Wildman–Crippen MR) is 44.9 cm³/mol. The molecular weight excluding hydrogens is 189 g/mol. The van der Waals surface area contributed by atoms with Crippen molar-refractivity contribution in [3.05, 3.63) is 0 Å². The monoisotopic (exact) mass is 197 g/mol. The molecule has 0 aliphatic heterocycles. The lowest BCUT2D eigenvalue weighted by molar-refractivity contribution is -0.140. The molecular formula is C6H9Cl2NO2. The first kappa shape index (κ1) is 10.7. The Hall–Kier alpha value is -0.280. The first-order valence-corrected chi connectivity index (χ1v) is 3.98. The summed E-state index contributed by atoms with van der Waals surface area (Å²) < 4.78 is 0. The Bertz CT molecular complexity index is 168. The van der Waals surface area contributed by atoms with Crippen LogP contribution in [0.15, 0.2) is 5.16 Å². The molecule has 0 rings (SSSR count). The average Bonchev–Trinajstić information content (AvgIpc) is 1.99. The summed E-state index contributed by atoms with van der Waals surface area (Å²) in [5.41, 5.74) is 0. The first-order chi connectivity index (χ1) is 5.07. The average molecular weight is 198 g/mol. The summed E-state index contributed by atoms with van der Waals surface area (Å²) in [6, 6.07) is 0. The van der Waals surface area contributed by atoms with Crippen LogP contribution in [0.3, 0.4) is 0 Å². The van der Waals surface area contributed by atoms with Crippen molar-refractivity contribution in [2.75, 3.05) is 5.88 Å². The zero-order valence-electron chi connectivity index (χ0n) is 6.30. The SMILES string of the molecule is CC(C)/C(Cl)=N/OC(=O)CCl. The molecule has 3 nitrogen and oxygen atoms in total. The number of rotatable bonds is 3. The van der Waals surface area contributed by atoms with E-state index in [0.717, 1.165) is 0 Å². The van der Waals surface area contributed by atoms with Gasteiger partial charge in [0.1, 0.15) is 11.1 Å². The molecule has 0 unspecified atom stereocenters. The zero-order chi connectivity index (χ0) is 8.85. The highest BCUT2D eigenvalue weighted by Crippen LogP contribution is 2.01. The van der Waals surface area contributed by atoms with Gasteiger partial charge in [-0.15, -0.1) is 11.6 Å². The number of oxime groups is 1. The molecule has 5 heteroatoms. The van der Waals surface area contributed by atoms with Crippen LogP contribution in [0, 0.1) is 5.92 Å². The van der Waals surface area contributed by atoms with E-state index >= 15 is 0 Å². The lowest BCUT2D eigenvalue weighted by Gasteiger charge is -1.98. The van der Waals surface area contributed by atoms with Gasteiger partial charge in [0.05, 0.1) is 0 Å². The van der Waals surface area contributed by atoms with E-state index in [4.69, 9.17) is 23.2 Å². The lowest BCUT2D eigenvalue weighted by Crippen LogP contribution is -2.05. The Morgan fingerprint density at radius 2 is 2.18 bits per heavy atom. The van der Waals surface area contributed by atoms with Gasteiger partial charge in [-0.05, 0) is 0 Å². The minimum atomic E-state index is -0.606. The van der Waals surface area contributed by atoms with Crippen molar-refractivity contribution < 1.29 is 9.63 Å². The molecule has 0 spiro atoms. The number of nitrogens with zero attached hydrogens (tertiary/aromatic N) is 1. The molecule has 0 radical (unpaired) electrons. The van der Waals surface area contributed by atoms with Crippen molar-refractivity contribution in [2.24, 2.45) is 11.1 Å². The van der Waals surface area contributed by atoms with Gasteiger partial charge < -0.3 is 4.84 Å². The summed E-state index contributed by atoms with van der Waals surface area (Å²) in [7, 11) is 0. The Labute approximate surface area is 75.3 Å². The summed E-state index contributed by atoms with van der Waals surface area (Å²) in [6.45, 7) is 3.67. The third-order valence-electron chi connectivity index (χ3n) is 0.820. The van der Waals surface area contributed by atoms with Gasteiger partial charge in [-0.2, -0.15) is 0 Å². The van der Waals surface area contributed by atoms with Gasteiger partial charge in [0.2, 0.25) is 0 Å². The Balaban J connectivity index is 3.82. The van der Waals surface area contributed by atoms with E-state index in [1.54, 1.807) is 0 Å². The number of hydrogen-bond acceptors (Lipinski definition) is 3. The Kier molecular flexibility index (Phi) is 5.24. The number of alkyl halides is 1. The van der Waals surface area contributed by atoms with Gasteiger partial charge in [0.25, 0.3) is 0 Å². The molecule has 0 N–H and O–H groups in total. The molecule has 11 heavy (non-hydrogen) atoms. The van der Waals surface area contributed by atoms with Crippen molar-refractivity contribution in [2.45, 2.75) is 13.8 Å². The number of hydrogen-bond donors (Lipinski definition) is 0. The van der Waals surface area contributed by atoms with Crippen LogP contribution >= 0.6 is 23.2 Å². The zero-order valence-corrected chi connectivity index (χ0v) is 7.82. The first-order valence-electron chi connectivity index (χ1n) is 3.07. The van der Waals surface area contributed by atoms with Crippen LogP contribution < -0.4 is 0 Å². The maximum atomic E-state index is 10.4. The minimum Gasteiger partial charge on any atom is -0.316 e. The lowest BCUT2D eigenvalue weighted by atomic mass is 10.2. The van der Waals surface area contributed by atoms with E-state index < -0.39 is 5.97 Å². The molecule has 64 valence electrons. The minimum absolute atomic E-state index is 0.0554. The standard InChI is InChI=1S/C6H9Cl2NO2/c1-4(2)6(8)9-11-5(10)3-7/h4H,3H2,1-2H3/b9-6-.